The van der Waals surface area contributed by atoms with Crippen LogP contribution in [0.25, 0.3) is 15.7 Å². The van der Waals surface area contributed by atoms with E-state index >= 15 is 0 Å². The Morgan fingerprint density at radius 3 is 2.79 bits per heavy atom. The first kappa shape index (κ1) is 12.7. The number of nitrogens with zero attached hydrogens (tertiary/aromatic N) is 6. The van der Waals surface area contributed by atoms with E-state index in [9.17, 15) is 0 Å². The van der Waals surface area contributed by atoms with Gasteiger partial charge in [-0.15, -0.1) is 10.2 Å². The standard InChI is InChI=1S/C11H13BrN6S/c1-6(2)4-8-14-15-11-18(8)16-10(19-11)9-7(12)5-13-17(9)3/h5-6H,4H2,1-3H3. The minimum absolute atomic E-state index is 0.529. The van der Waals surface area contributed by atoms with E-state index < -0.39 is 0 Å². The van der Waals surface area contributed by atoms with Gasteiger partial charge in [-0.2, -0.15) is 14.7 Å². The fourth-order valence-electron chi connectivity index (χ4n) is 1.90. The van der Waals surface area contributed by atoms with Gasteiger partial charge in [-0.1, -0.05) is 25.2 Å². The van der Waals surface area contributed by atoms with Crippen LogP contribution in [0.5, 0.6) is 0 Å². The zero-order chi connectivity index (χ0) is 13.6. The van der Waals surface area contributed by atoms with E-state index in [2.05, 4.69) is 50.2 Å². The number of fused-ring (bicyclic) bond motifs is 1. The molecule has 0 unspecified atom stereocenters. The molecule has 3 heterocycles. The summed E-state index contributed by atoms with van der Waals surface area (Å²) >= 11 is 5.01. The normalized spacial score (nSPS) is 11.8. The maximum Gasteiger partial charge on any atom is 0.235 e. The number of rotatable bonds is 3. The fraction of sp³-hybridized carbons (Fsp3) is 0.455. The molecule has 0 aromatic carbocycles. The first-order valence-corrected chi connectivity index (χ1v) is 7.56. The van der Waals surface area contributed by atoms with E-state index in [1.54, 1.807) is 10.9 Å². The van der Waals surface area contributed by atoms with Gasteiger partial charge in [0.15, 0.2) is 10.8 Å². The highest BCUT2D eigenvalue weighted by atomic mass is 79.9. The van der Waals surface area contributed by atoms with Crippen molar-refractivity contribution < 1.29 is 0 Å². The molecule has 100 valence electrons. The van der Waals surface area contributed by atoms with Crippen LogP contribution in [-0.2, 0) is 13.5 Å². The number of aryl methyl sites for hydroxylation is 1. The highest BCUT2D eigenvalue weighted by Crippen LogP contribution is 2.31. The zero-order valence-corrected chi connectivity index (χ0v) is 13.2. The lowest BCUT2D eigenvalue weighted by atomic mass is 10.1. The van der Waals surface area contributed by atoms with E-state index in [0.717, 1.165) is 32.4 Å². The maximum atomic E-state index is 4.61. The quantitative estimate of drug-likeness (QED) is 0.735. The van der Waals surface area contributed by atoms with E-state index in [0.29, 0.717) is 5.92 Å². The van der Waals surface area contributed by atoms with Gasteiger partial charge in [0, 0.05) is 13.5 Å². The van der Waals surface area contributed by atoms with E-state index in [4.69, 9.17) is 0 Å². The van der Waals surface area contributed by atoms with E-state index in [1.165, 1.54) is 11.3 Å². The zero-order valence-electron chi connectivity index (χ0n) is 10.8. The van der Waals surface area contributed by atoms with Crippen LogP contribution in [0.4, 0.5) is 0 Å². The highest BCUT2D eigenvalue weighted by molar-refractivity contribution is 9.10. The monoisotopic (exact) mass is 340 g/mol. The predicted octanol–water partition coefficient (Wildman–Crippen LogP) is 2.55. The Bertz CT molecular complexity index is 705. The second kappa shape index (κ2) is 4.68. The Balaban J connectivity index is 2.10. The van der Waals surface area contributed by atoms with Crippen LogP contribution in [0.2, 0.25) is 0 Å². The third-order valence-electron chi connectivity index (χ3n) is 2.74. The Kier molecular flexibility index (Phi) is 3.14. The molecule has 0 amide bonds. The lowest BCUT2D eigenvalue weighted by molar-refractivity contribution is 0.607. The molecule has 0 aliphatic rings. The van der Waals surface area contributed by atoms with E-state index in [1.807, 2.05) is 11.6 Å². The van der Waals surface area contributed by atoms with Gasteiger partial charge >= 0.3 is 0 Å². The lowest BCUT2D eigenvalue weighted by Crippen LogP contribution is -2.02. The number of halogens is 1. The van der Waals surface area contributed by atoms with Crippen molar-refractivity contribution >= 4 is 32.2 Å². The molecule has 0 saturated carbocycles. The van der Waals surface area contributed by atoms with Crippen molar-refractivity contribution in [2.24, 2.45) is 13.0 Å². The van der Waals surface area contributed by atoms with Crippen LogP contribution >= 0.6 is 27.3 Å². The first-order valence-electron chi connectivity index (χ1n) is 5.95. The Labute approximate surface area is 122 Å². The van der Waals surface area contributed by atoms with Crippen molar-refractivity contribution in [2.75, 3.05) is 0 Å². The molecule has 0 saturated heterocycles. The van der Waals surface area contributed by atoms with Gasteiger partial charge in [-0.3, -0.25) is 4.68 Å². The van der Waals surface area contributed by atoms with Gasteiger partial charge in [0.2, 0.25) is 4.96 Å². The summed E-state index contributed by atoms with van der Waals surface area (Å²) < 4.78 is 4.57. The highest BCUT2D eigenvalue weighted by Gasteiger charge is 2.17. The molecule has 0 spiro atoms. The molecular weight excluding hydrogens is 328 g/mol. The molecule has 3 aromatic heterocycles. The topological polar surface area (TPSA) is 60.9 Å². The summed E-state index contributed by atoms with van der Waals surface area (Å²) in [5.74, 6) is 1.44. The molecule has 0 atom stereocenters. The maximum absolute atomic E-state index is 4.61. The average Bonchev–Trinajstić information content (AvgIpc) is 2.96. The predicted molar refractivity (Wildman–Crippen MR) is 77.1 cm³/mol. The molecule has 0 fully saturated rings. The van der Waals surface area contributed by atoms with Gasteiger partial charge in [-0.05, 0) is 21.8 Å². The molecule has 0 N–H and O–H groups in total. The van der Waals surface area contributed by atoms with Crippen LogP contribution in [-0.4, -0.2) is 29.6 Å². The fourth-order valence-corrected chi connectivity index (χ4v) is 3.51. The van der Waals surface area contributed by atoms with Gasteiger partial charge in [0.05, 0.1) is 10.7 Å². The molecular formula is C11H13BrN6S. The van der Waals surface area contributed by atoms with Crippen molar-refractivity contribution in [2.45, 2.75) is 20.3 Å². The molecule has 0 aliphatic carbocycles. The van der Waals surface area contributed by atoms with Gasteiger partial charge in [0.1, 0.15) is 5.69 Å². The Hall–Kier alpha value is -1.28. The summed E-state index contributed by atoms with van der Waals surface area (Å²) in [6, 6.07) is 0. The molecule has 0 aliphatic heterocycles. The second-order valence-electron chi connectivity index (χ2n) is 4.78. The van der Waals surface area contributed by atoms with Crippen molar-refractivity contribution in [1.82, 2.24) is 29.6 Å². The number of hydrogen-bond acceptors (Lipinski definition) is 5. The van der Waals surface area contributed by atoms with Gasteiger partial charge < -0.3 is 0 Å². The molecule has 19 heavy (non-hydrogen) atoms. The lowest BCUT2D eigenvalue weighted by Gasteiger charge is -2.00. The summed E-state index contributed by atoms with van der Waals surface area (Å²) in [5, 5.41) is 18.1. The minimum Gasteiger partial charge on any atom is -0.264 e. The van der Waals surface area contributed by atoms with Crippen molar-refractivity contribution in [3.63, 3.8) is 0 Å². The SMILES string of the molecule is CC(C)Cc1nnc2sc(-c3c(Br)cnn3C)nn12. The van der Waals surface area contributed by atoms with Crippen LogP contribution in [0.15, 0.2) is 10.7 Å². The van der Waals surface area contributed by atoms with Crippen molar-refractivity contribution in [1.29, 1.82) is 0 Å². The molecule has 6 nitrogen and oxygen atoms in total. The third-order valence-corrected chi connectivity index (χ3v) is 4.23. The number of aromatic nitrogens is 6. The van der Waals surface area contributed by atoms with Gasteiger partial charge in [0.25, 0.3) is 0 Å². The van der Waals surface area contributed by atoms with Crippen LogP contribution < -0.4 is 0 Å². The van der Waals surface area contributed by atoms with Crippen molar-refractivity contribution in [3.8, 4) is 10.7 Å². The van der Waals surface area contributed by atoms with Crippen LogP contribution in [0.1, 0.15) is 19.7 Å². The van der Waals surface area contributed by atoms with E-state index in [-0.39, 0.29) is 0 Å². The van der Waals surface area contributed by atoms with Gasteiger partial charge in [-0.25, -0.2) is 0 Å². The molecule has 8 heteroatoms. The summed E-state index contributed by atoms with van der Waals surface area (Å²) in [6.07, 6.45) is 2.64. The molecule has 3 rings (SSSR count). The molecule has 0 radical (unpaired) electrons. The largest absolute Gasteiger partial charge is 0.264 e. The minimum atomic E-state index is 0.529. The van der Waals surface area contributed by atoms with Crippen molar-refractivity contribution in [3.05, 3.63) is 16.5 Å². The summed E-state index contributed by atoms with van der Waals surface area (Å²) in [5.41, 5.74) is 0.964. The summed E-state index contributed by atoms with van der Waals surface area (Å²) in [4.78, 5) is 0.818. The summed E-state index contributed by atoms with van der Waals surface area (Å²) in [6.45, 7) is 4.32. The third kappa shape index (κ3) is 2.18. The Morgan fingerprint density at radius 1 is 1.37 bits per heavy atom. The first-order chi connectivity index (χ1) is 9.06. The average molecular weight is 341 g/mol. The molecule has 3 aromatic rings. The second-order valence-corrected chi connectivity index (χ2v) is 6.59. The molecule has 0 bridgehead atoms. The number of hydrogen-bond donors (Lipinski definition) is 0. The Morgan fingerprint density at radius 2 is 2.16 bits per heavy atom. The summed E-state index contributed by atoms with van der Waals surface area (Å²) in [7, 11) is 1.90. The van der Waals surface area contributed by atoms with Crippen LogP contribution in [0.3, 0.4) is 0 Å². The smallest absolute Gasteiger partial charge is 0.235 e. The van der Waals surface area contributed by atoms with Crippen LogP contribution in [0, 0.1) is 5.92 Å².